The molecule has 1 aliphatic rings. The molecule has 4 rings (SSSR count). The molecule has 0 bridgehead atoms. The van der Waals surface area contributed by atoms with E-state index in [2.05, 4.69) is 4.72 Å². The number of anilines is 1. The van der Waals surface area contributed by atoms with E-state index in [0.717, 1.165) is 12.8 Å². The van der Waals surface area contributed by atoms with Gasteiger partial charge in [0.05, 0.1) is 35.3 Å². The molecule has 248 valence electrons. The van der Waals surface area contributed by atoms with Gasteiger partial charge in [-0.25, -0.2) is 8.42 Å². The second-order valence-corrected chi connectivity index (χ2v) is 13.7. The Morgan fingerprint density at radius 2 is 1.72 bits per heavy atom. The van der Waals surface area contributed by atoms with Gasteiger partial charge in [-0.3, -0.25) is 14.3 Å². The van der Waals surface area contributed by atoms with E-state index in [1.54, 1.807) is 66.2 Å². The van der Waals surface area contributed by atoms with Crippen LogP contribution in [-0.2, 0) is 14.8 Å². The van der Waals surface area contributed by atoms with Crippen LogP contribution in [0.1, 0.15) is 60.7 Å². The van der Waals surface area contributed by atoms with Crippen LogP contribution in [0.25, 0.3) is 0 Å². The molecule has 0 saturated carbocycles. The van der Waals surface area contributed by atoms with Gasteiger partial charge in [-0.15, -0.1) is 0 Å². The van der Waals surface area contributed by atoms with Gasteiger partial charge in [0, 0.05) is 43.9 Å². The molecule has 2 N–H and O–H groups in total. The third-order valence-corrected chi connectivity index (χ3v) is 9.58. The molecule has 0 aromatic heterocycles. The lowest BCUT2D eigenvalue weighted by atomic mass is 10.0. The Kier molecular flexibility index (Phi) is 12.2. The predicted molar refractivity (Wildman–Crippen MR) is 178 cm³/mol. The number of sulfonamides is 1. The first kappa shape index (κ1) is 34.9. The maximum absolute atomic E-state index is 14.3. The highest BCUT2D eigenvalue weighted by Gasteiger charge is 2.31. The van der Waals surface area contributed by atoms with E-state index in [9.17, 15) is 23.1 Å². The highest BCUT2D eigenvalue weighted by atomic mass is 32.2. The maximum atomic E-state index is 14.3. The average molecular weight is 652 g/mol. The first-order valence-electron chi connectivity index (χ1n) is 15.7. The quantitative estimate of drug-likeness (QED) is 0.349. The van der Waals surface area contributed by atoms with Crippen molar-refractivity contribution < 1.29 is 32.6 Å². The van der Waals surface area contributed by atoms with Crippen molar-refractivity contribution in [3.8, 4) is 5.75 Å². The second kappa shape index (κ2) is 16.1. The smallest absolute Gasteiger partial charge is 0.261 e. The first-order chi connectivity index (χ1) is 22.0. The molecule has 1 heterocycles. The Morgan fingerprint density at radius 1 is 1.04 bits per heavy atom. The SMILES string of the molecule is C[C@H]1CCCCO[C@@H](CN(C)C(=O)c2ccccc2)[C@@H](C)CN([C@@H](C)CO)C(=O)c2cc(NS(=O)(=O)c3ccccc3)ccc2O1. The number of hydrogen-bond donors (Lipinski definition) is 2. The van der Waals surface area contributed by atoms with Gasteiger partial charge in [0.1, 0.15) is 5.75 Å². The zero-order valence-corrected chi connectivity index (χ0v) is 27.8. The lowest BCUT2D eigenvalue weighted by molar-refractivity contribution is -0.0149. The molecular weight excluding hydrogens is 606 g/mol. The molecule has 46 heavy (non-hydrogen) atoms. The van der Waals surface area contributed by atoms with Crippen molar-refractivity contribution in [2.45, 2.75) is 63.2 Å². The zero-order chi connectivity index (χ0) is 33.3. The van der Waals surface area contributed by atoms with Crippen LogP contribution in [-0.4, -0.2) is 86.7 Å². The third kappa shape index (κ3) is 9.08. The number of carbonyl (C=O) groups is 2. The number of carbonyl (C=O) groups excluding carboxylic acids is 2. The Balaban J connectivity index is 1.66. The normalized spacial score (nSPS) is 20.5. The van der Waals surface area contributed by atoms with Gasteiger partial charge in [-0.05, 0) is 75.6 Å². The van der Waals surface area contributed by atoms with E-state index >= 15 is 0 Å². The number of amides is 2. The number of benzene rings is 3. The van der Waals surface area contributed by atoms with Crippen molar-refractivity contribution in [3.05, 3.63) is 90.0 Å². The summed E-state index contributed by atoms with van der Waals surface area (Å²) in [5.41, 5.74) is 0.965. The van der Waals surface area contributed by atoms with Gasteiger partial charge in [-0.2, -0.15) is 0 Å². The molecular formula is C35H45N3O7S. The van der Waals surface area contributed by atoms with Crippen LogP contribution in [0, 0.1) is 5.92 Å². The molecule has 0 aliphatic carbocycles. The molecule has 3 aromatic rings. The van der Waals surface area contributed by atoms with Crippen molar-refractivity contribution in [1.29, 1.82) is 0 Å². The van der Waals surface area contributed by atoms with Crippen LogP contribution in [0.3, 0.4) is 0 Å². The number of hydrogen-bond acceptors (Lipinski definition) is 7. The summed E-state index contributed by atoms with van der Waals surface area (Å²) in [4.78, 5) is 30.8. The number of likely N-dealkylation sites (N-methyl/N-ethyl adjacent to an activating group) is 1. The van der Waals surface area contributed by atoms with Crippen LogP contribution >= 0.6 is 0 Å². The largest absolute Gasteiger partial charge is 0.490 e. The summed E-state index contributed by atoms with van der Waals surface area (Å²) in [6.07, 6.45) is 1.71. The third-order valence-electron chi connectivity index (χ3n) is 8.18. The molecule has 0 unspecified atom stereocenters. The van der Waals surface area contributed by atoms with E-state index < -0.39 is 22.0 Å². The molecule has 0 radical (unpaired) electrons. The molecule has 10 nitrogen and oxygen atoms in total. The summed E-state index contributed by atoms with van der Waals surface area (Å²) in [6.45, 7) is 6.37. The summed E-state index contributed by atoms with van der Waals surface area (Å²) in [5.74, 6) is -0.435. The van der Waals surface area contributed by atoms with E-state index in [1.807, 2.05) is 32.0 Å². The van der Waals surface area contributed by atoms with Gasteiger partial charge in [0.2, 0.25) is 0 Å². The Labute approximate surface area is 272 Å². The van der Waals surface area contributed by atoms with E-state index in [0.29, 0.717) is 30.9 Å². The number of aliphatic hydroxyl groups is 1. The van der Waals surface area contributed by atoms with Crippen molar-refractivity contribution in [1.82, 2.24) is 9.80 Å². The summed E-state index contributed by atoms with van der Waals surface area (Å²) in [5, 5.41) is 10.2. The molecule has 4 atom stereocenters. The fourth-order valence-corrected chi connectivity index (χ4v) is 6.49. The number of aliphatic hydroxyl groups excluding tert-OH is 1. The van der Waals surface area contributed by atoms with Crippen molar-refractivity contribution >= 4 is 27.5 Å². The Bertz CT molecular complexity index is 1550. The Hall–Kier alpha value is -3.93. The van der Waals surface area contributed by atoms with E-state index in [4.69, 9.17) is 9.47 Å². The number of ether oxygens (including phenoxy) is 2. The highest BCUT2D eigenvalue weighted by Crippen LogP contribution is 2.29. The summed E-state index contributed by atoms with van der Waals surface area (Å²) < 4.78 is 41.4. The van der Waals surface area contributed by atoms with Crippen molar-refractivity contribution in [3.63, 3.8) is 0 Å². The molecule has 0 saturated heterocycles. The summed E-state index contributed by atoms with van der Waals surface area (Å²) in [6, 6.07) is 21.1. The molecule has 3 aromatic carbocycles. The Morgan fingerprint density at radius 3 is 2.39 bits per heavy atom. The highest BCUT2D eigenvalue weighted by molar-refractivity contribution is 7.92. The van der Waals surface area contributed by atoms with Crippen LogP contribution in [0.15, 0.2) is 83.8 Å². The first-order valence-corrected chi connectivity index (χ1v) is 17.2. The number of fused-ring (bicyclic) bond motifs is 1. The number of nitrogens with one attached hydrogen (secondary N) is 1. The minimum Gasteiger partial charge on any atom is -0.490 e. The monoisotopic (exact) mass is 651 g/mol. The standard InChI is InChI=1S/C35H45N3O7S/c1-25-22-38(26(2)24-39)35(41)31-21-29(36-46(42,43)30-16-9-6-10-17-30)18-19-32(31)45-27(3)13-11-12-20-44-33(25)23-37(4)34(40)28-14-7-5-8-15-28/h5-10,14-19,21,25-27,33,36,39H,11-13,20,22-24H2,1-4H3/t25-,26-,27-,33-/m0/s1. The molecule has 0 spiro atoms. The van der Waals surface area contributed by atoms with Gasteiger partial charge in [-0.1, -0.05) is 43.3 Å². The van der Waals surface area contributed by atoms with Gasteiger partial charge < -0.3 is 24.4 Å². The molecule has 0 fully saturated rings. The molecule has 11 heteroatoms. The van der Waals surface area contributed by atoms with Gasteiger partial charge >= 0.3 is 0 Å². The van der Waals surface area contributed by atoms with E-state index in [1.165, 1.54) is 18.2 Å². The number of nitrogens with zero attached hydrogens (tertiary/aromatic N) is 2. The van der Waals surface area contributed by atoms with Crippen LogP contribution < -0.4 is 9.46 Å². The maximum Gasteiger partial charge on any atom is 0.261 e. The minimum absolute atomic E-state index is 0.0948. The van der Waals surface area contributed by atoms with Crippen LogP contribution in [0.2, 0.25) is 0 Å². The fraction of sp³-hybridized carbons (Fsp3) is 0.429. The van der Waals surface area contributed by atoms with E-state index in [-0.39, 0.29) is 53.3 Å². The van der Waals surface area contributed by atoms with Crippen molar-refractivity contribution in [2.24, 2.45) is 5.92 Å². The topological polar surface area (TPSA) is 125 Å². The summed E-state index contributed by atoms with van der Waals surface area (Å²) >= 11 is 0. The lowest BCUT2D eigenvalue weighted by Crippen LogP contribution is -2.48. The zero-order valence-electron chi connectivity index (χ0n) is 27.0. The summed E-state index contributed by atoms with van der Waals surface area (Å²) in [7, 11) is -2.17. The lowest BCUT2D eigenvalue weighted by Gasteiger charge is -2.36. The number of rotatable bonds is 8. The second-order valence-electron chi connectivity index (χ2n) is 12.0. The van der Waals surface area contributed by atoms with Crippen LogP contribution in [0.4, 0.5) is 5.69 Å². The van der Waals surface area contributed by atoms with Crippen molar-refractivity contribution in [2.75, 3.05) is 38.1 Å². The predicted octanol–water partition coefficient (Wildman–Crippen LogP) is 5.06. The fourth-order valence-electron chi connectivity index (χ4n) is 5.42. The van der Waals surface area contributed by atoms with Gasteiger partial charge in [0.15, 0.2) is 0 Å². The average Bonchev–Trinajstić information content (AvgIpc) is 3.06. The van der Waals surface area contributed by atoms with Gasteiger partial charge in [0.25, 0.3) is 21.8 Å². The minimum atomic E-state index is -3.91. The molecule has 1 aliphatic heterocycles. The molecule has 2 amide bonds. The van der Waals surface area contributed by atoms with Crippen LogP contribution in [0.5, 0.6) is 5.75 Å².